The summed E-state index contributed by atoms with van der Waals surface area (Å²) in [5.74, 6) is -0.101. The number of rotatable bonds is 42. The quantitative estimate of drug-likeness (QED) is 0.0351. The monoisotopic (exact) mass is 751 g/mol. The molecule has 0 aromatic heterocycles. The lowest BCUT2D eigenvalue weighted by Crippen LogP contribution is -2.30. The molecule has 0 unspecified atom stereocenters. The molecule has 0 heterocycles. The lowest BCUT2D eigenvalue weighted by Gasteiger charge is -2.18. The lowest BCUT2D eigenvalue weighted by atomic mass is 10.0. The van der Waals surface area contributed by atoms with Gasteiger partial charge in [0, 0.05) is 19.3 Å². The molecule has 0 aliphatic rings. The normalized spacial score (nSPS) is 11.9. The first-order chi connectivity index (χ1) is 25.9. The number of esters is 3. The zero-order valence-corrected chi connectivity index (χ0v) is 36.0. The fraction of sp³-hybridized carbons (Fsp3) is 0.936. The van der Waals surface area contributed by atoms with Crippen LogP contribution in [0.25, 0.3) is 0 Å². The molecule has 0 aromatic carbocycles. The van der Waals surface area contributed by atoms with Crippen molar-refractivity contribution in [3.63, 3.8) is 0 Å². The second kappa shape index (κ2) is 41.6. The van der Waals surface area contributed by atoms with E-state index in [1.165, 1.54) is 154 Å². The molecule has 0 aromatic rings. The van der Waals surface area contributed by atoms with Gasteiger partial charge in [0.05, 0.1) is 0 Å². The lowest BCUT2D eigenvalue weighted by molar-refractivity contribution is -0.167. The predicted octanol–water partition coefficient (Wildman–Crippen LogP) is 14.7. The van der Waals surface area contributed by atoms with E-state index >= 15 is 0 Å². The molecule has 6 nitrogen and oxygen atoms in total. The van der Waals surface area contributed by atoms with Crippen molar-refractivity contribution in [3.8, 4) is 0 Å². The number of carbonyl (C=O) groups excluding carboxylic acids is 3. The van der Waals surface area contributed by atoms with Gasteiger partial charge in [-0.3, -0.25) is 14.4 Å². The number of unbranched alkanes of at least 4 members (excludes halogenated alkanes) is 29. The first kappa shape index (κ1) is 51.4. The Kier molecular flexibility index (Phi) is 40.3. The Labute approximate surface area is 329 Å². The second-order valence-electron chi connectivity index (χ2n) is 16.5. The minimum absolute atomic E-state index is 0.0656. The molecule has 314 valence electrons. The standard InChI is InChI=1S/C47H90O6/c1-5-7-9-11-13-14-15-16-17-18-19-20-21-22-23-24-26-32-36-40-47(50)53-44(41-51-45(48)38-34-30-25-12-10-8-6-2)42-52-46(49)39-35-31-28-27-29-33-37-43(3)4/h43-44H,5-42H2,1-4H3/t44-/m0/s1. The minimum Gasteiger partial charge on any atom is -0.462 e. The van der Waals surface area contributed by atoms with Crippen LogP contribution in [0, 0.1) is 5.92 Å². The highest BCUT2D eigenvalue weighted by Gasteiger charge is 2.19. The number of hydrogen-bond acceptors (Lipinski definition) is 6. The molecule has 0 fully saturated rings. The van der Waals surface area contributed by atoms with Gasteiger partial charge in [0.15, 0.2) is 6.10 Å². The maximum Gasteiger partial charge on any atom is 0.306 e. The average Bonchev–Trinajstić information content (AvgIpc) is 3.14. The Morgan fingerprint density at radius 3 is 0.925 bits per heavy atom. The van der Waals surface area contributed by atoms with Crippen molar-refractivity contribution >= 4 is 17.9 Å². The van der Waals surface area contributed by atoms with Gasteiger partial charge in [0.1, 0.15) is 13.2 Å². The van der Waals surface area contributed by atoms with Crippen LogP contribution in [0.2, 0.25) is 0 Å². The summed E-state index contributed by atoms with van der Waals surface area (Å²) in [7, 11) is 0. The Morgan fingerprint density at radius 1 is 0.358 bits per heavy atom. The van der Waals surface area contributed by atoms with Crippen LogP contribution in [0.3, 0.4) is 0 Å². The molecule has 0 aliphatic carbocycles. The van der Waals surface area contributed by atoms with Crippen molar-refractivity contribution in [2.24, 2.45) is 5.92 Å². The van der Waals surface area contributed by atoms with Crippen LogP contribution < -0.4 is 0 Å². The highest BCUT2D eigenvalue weighted by atomic mass is 16.6. The van der Waals surface area contributed by atoms with Crippen molar-refractivity contribution < 1.29 is 28.6 Å². The van der Waals surface area contributed by atoms with Gasteiger partial charge in [0.25, 0.3) is 0 Å². The van der Waals surface area contributed by atoms with Crippen molar-refractivity contribution in [3.05, 3.63) is 0 Å². The van der Waals surface area contributed by atoms with E-state index in [0.29, 0.717) is 19.3 Å². The molecule has 0 saturated carbocycles. The Morgan fingerprint density at radius 2 is 0.623 bits per heavy atom. The Hall–Kier alpha value is -1.59. The summed E-state index contributed by atoms with van der Waals surface area (Å²) in [5.41, 5.74) is 0. The second-order valence-corrected chi connectivity index (χ2v) is 16.5. The number of hydrogen-bond donors (Lipinski definition) is 0. The third kappa shape index (κ3) is 41.4. The molecule has 0 spiro atoms. The van der Waals surface area contributed by atoms with Gasteiger partial charge in [-0.15, -0.1) is 0 Å². The summed E-state index contributed by atoms with van der Waals surface area (Å²) in [6.45, 7) is 8.89. The van der Waals surface area contributed by atoms with E-state index in [1.54, 1.807) is 0 Å². The smallest absolute Gasteiger partial charge is 0.306 e. The van der Waals surface area contributed by atoms with Crippen LogP contribution in [-0.4, -0.2) is 37.2 Å². The number of carbonyl (C=O) groups is 3. The van der Waals surface area contributed by atoms with Crippen LogP contribution in [0.5, 0.6) is 0 Å². The van der Waals surface area contributed by atoms with Crippen LogP contribution >= 0.6 is 0 Å². The summed E-state index contributed by atoms with van der Waals surface area (Å²) in [6.07, 6.45) is 41.2. The first-order valence-corrected chi connectivity index (χ1v) is 23.4. The zero-order valence-electron chi connectivity index (χ0n) is 36.0. The summed E-state index contributed by atoms with van der Waals surface area (Å²) < 4.78 is 16.6. The van der Waals surface area contributed by atoms with Gasteiger partial charge < -0.3 is 14.2 Å². The van der Waals surface area contributed by atoms with E-state index in [0.717, 1.165) is 63.7 Å². The molecule has 53 heavy (non-hydrogen) atoms. The highest BCUT2D eigenvalue weighted by molar-refractivity contribution is 5.71. The number of ether oxygens (including phenoxy) is 3. The first-order valence-electron chi connectivity index (χ1n) is 23.4. The van der Waals surface area contributed by atoms with Gasteiger partial charge in [0.2, 0.25) is 0 Å². The predicted molar refractivity (Wildman–Crippen MR) is 224 cm³/mol. The SMILES string of the molecule is CCCCCCCCCCCCCCCCCCCCCC(=O)O[C@@H](COC(=O)CCCCCCCCC)COC(=O)CCCCCCCCC(C)C. The van der Waals surface area contributed by atoms with E-state index in [4.69, 9.17) is 14.2 Å². The summed E-state index contributed by atoms with van der Waals surface area (Å²) in [6, 6.07) is 0. The van der Waals surface area contributed by atoms with Gasteiger partial charge in [-0.25, -0.2) is 0 Å². The maximum absolute atomic E-state index is 12.7. The third-order valence-electron chi connectivity index (χ3n) is 10.5. The molecule has 0 bridgehead atoms. The highest BCUT2D eigenvalue weighted by Crippen LogP contribution is 2.16. The molecular formula is C47H90O6. The van der Waals surface area contributed by atoms with E-state index < -0.39 is 6.10 Å². The topological polar surface area (TPSA) is 78.9 Å². The molecule has 0 radical (unpaired) electrons. The van der Waals surface area contributed by atoms with Crippen molar-refractivity contribution in [1.82, 2.24) is 0 Å². The van der Waals surface area contributed by atoms with Crippen LogP contribution in [0.1, 0.15) is 259 Å². The Balaban J connectivity index is 4.17. The van der Waals surface area contributed by atoms with E-state index in [9.17, 15) is 14.4 Å². The molecule has 1 atom stereocenters. The molecule has 6 heteroatoms. The van der Waals surface area contributed by atoms with E-state index in [-0.39, 0.29) is 31.1 Å². The molecule has 0 N–H and O–H groups in total. The fourth-order valence-electron chi connectivity index (χ4n) is 6.98. The van der Waals surface area contributed by atoms with Crippen LogP contribution in [-0.2, 0) is 28.6 Å². The van der Waals surface area contributed by atoms with Crippen LogP contribution in [0.15, 0.2) is 0 Å². The minimum atomic E-state index is -0.759. The average molecular weight is 751 g/mol. The maximum atomic E-state index is 12.7. The fourth-order valence-corrected chi connectivity index (χ4v) is 6.98. The molecule has 0 aliphatic heterocycles. The molecule has 0 rings (SSSR count). The summed E-state index contributed by atoms with van der Waals surface area (Å²) >= 11 is 0. The largest absolute Gasteiger partial charge is 0.462 e. The zero-order chi connectivity index (χ0) is 38.9. The van der Waals surface area contributed by atoms with Crippen LogP contribution in [0.4, 0.5) is 0 Å². The third-order valence-corrected chi connectivity index (χ3v) is 10.5. The van der Waals surface area contributed by atoms with E-state index in [2.05, 4.69) is 27.7 Å². The summed E-state index contributed by atoms with van der Waals surface area (Å²) in [4.78, 5) is 37.5. The molecule has 0 saturated heterocycles. The molecule has 0 amide bonds. The van der Waals surface area contributed by atoms with Crippen molar-refractivity contribution in [2.75, 3.05) is 13.2 Å². The van der Waals surface area contributed by atoms with Gasteiger partial charge in [-0.05, 0) is 25.2 Å². The van der Waals surface area contributed by atoms with Gasteiger partial charge in [-0.2, -0.15) is 0 Å². The van der Waals surface area contributed by atoms with Gasteiger partial charge in [-0.1, -0.05) is 220 Å². The Bertz CT molecular complexity index is 796. The van der Waals surface area contributed by atoms with Crippen molar-refractivity contribution in [2.45, 2.75) is 265 Å². The molecular weight excluding hydrogens is 661 g/mol. The van der Waals surface area contributed by atoms with E-state index in [1.807, 2.05) is 0 Å². The van der Waals surface area contributed by atoms with Gasteiger partial charge >= 0.3 is 17.9 Å². The summed E-state index contributed by atoms with van der Waals surface area (Å²) in [5, 5.41) is 0. The van der Waals surface area contributed by atoms with Crippen molar-refractivity contribution in [1.29, 1.82) is 0 Å².